The Morgan fingerprint density at radius 3 is 2.38 bits per heavy atom. The number of thioether (sulfide) groups is 1. The summed E-state index contributed by atoms with van der Waals surface area (Å²) < 4.78 is 24.7. The number of halogens is 2. The van der Waals surface area contributed by atoms with E-state index in [0.29, 0.717) is 28.9 Å². The zero-order chi connectivity index (χ0) is 16.9. The van der Waals surface area contributed by atoms with E-state index < -0.39 is 5.76 Å². The van der Waals surface area contributed by atoms with E-state index >= 15 is 0 Å². The summed E-state index contributed by atoms with van der Waals surface area (Å²) in [7, 11) is 0. The van der Waals surface area contributed by atoms with E-state index in [1.807, 2.05) is 35.2 Å². The van der Waals surface area contributed by atoms with Crippen LogP contribution in [-0.4, -0.2) is 22.7 Å². The Labute approximate surface area is 144 Å². The molecule has 0 heterocycles. The molecule has 0 bridgehead atoms. The van der Waals surface area contributed by atoms with Gasteiger partial charge in [-0.1, -0.05) is 42.1 Å². The molecular formula is C18H18F2N2OS. The van der Waals surface area contributed by atoms with Crippen LogP contribution < -0.4 is 5.32 Å². The molecular weight excluding hydrogens is 330 g/mol. The quantitative estimate of drug-likeness (QED) is 0.728. The van der Waals surface area contributed by atoms with E-state index in [0.717, 1.165) is 18.4 Å². The van der Waals surface area contributed by atoms with Crippen molar-refractivity contribution in [3.63, 3.8) is 0 Å². The molecule has 24 heavy (non-hydrogen) atoms. The summed E-state index contributed by atoms with van der Waals surface area (Å²) in [4.78, 5) is 14.9. The first-order chi connectivity index (χ1) is 11.6. The molecule has 2 amide bonds. The summed E-state index contributed by atoms with van der Waals surface area (Å²) in [5.41, 5.74) is 1.69. The summed E-state index contributed by atoms with van der Waals surface area (Å²) in [6.45, 7) is 0.566. The SMILES string of the molecule is O=C(Nc1ccc(SC(F)F)cc1)N(Cc1ccccc1)C1CC1. The molecule has 0 radical (unpaired) electrons. The molecule has 126 valence electrons. The van der Waals surface area contributed by atoms with E-state index in [-0.39, 0.29) is 12.1 Å². The number of hydrogen-bond acceptors (Lipinski definition) is 2. The van der Waals surface area contributed by atoms with Gasteiger partial charge >= 0.3 is 6.03 Å². The Hall–Kier alpha value is -2.08. The van der Waals surface area contributed by atoms with Gasteiger partial charge in [-0.15, -0.1) is 0 Å². The molecule has 1 N–H and O–H groups in total. The molecule has 0 unspecified atom stereocenters. The van der Waals surface area contributed by atoms with Crippen LogP contribution >= 0.6 is 11.8 Å². The molecule has 0 atom stereocenters. The number of nitrogens with one attached hydrogen (secondary N) is 1. The van der Waals surface area contributed by atoms with Crippen molar-refractivity contribution >= 4 is 23.5 Å². The lowest BCUT2D eigenvalue weighted by molar-refractivity contribution is 0.206. The van der Waals surface area contributed by atoms with Crippen LogP contribution in [0.1, 0.15) is 18.4 Å². The predicted molar refractivity (Wildman–Crippen MR) is 92.3 cm³/mol. The number of anilines is 1. The van der Waals surface area contributed by atoms with Crippen molar-refractivity contribution in [1.29, 1.82) is 0 Å². The van der Waals surface area contributed by atoms with Gasteiger partial charge in [0.15, 0.2) is 0 Å². The summed E-state index contributed by atoms with van der Waals surface area (Å²) in [5.74, 6) is -2.44. The smallest absolute Gasteiger partial charge is 0.317 e. The van der Waals surface area contributed by atoms with Crippen molar-refractivity contribution in [1.82, 2.24) is 4.90 Å². The van der Waals surface area contributed by atoms with Gasteiger partial charge in [0, 0.05) is 23.2 Å². The van der Waals surface area contributed by atoms with Gasteiger partial charge in [0.2, 0.25) is 0 Å². The second-order valence-electron chi connectivity index (χ2n) is 5.68. The largest absolute Gasteiger partial charge is 0.322 e. The average Bonchev–Trinajstić information content (AvgIpc) is 3.40. The second-order valence-corrected chi connectivity index (χ2v) is 6.74. The molecule has 1 saturated carbocycles. The van der Waals surface area contributed by atoms with Gasteiger partial charge in [0.1, 0.15) is 0 Å². The average molecular weight is 348 g/mol. The monoisotopic (exact) mass is 348 g/mol. The third kappa shape index (κ3) is 4.71. The summed E-state index contributed by atoms with van der Waals surface area (Å²) in [5, 5.41) is 2.85. The zero-order valence-corrected chi connectivity index (χ0v) is 13.8. The number of rotatable bonds is 6. The summed E-state index contributed by atoms with van der Waals surface area (Å²) in [6.07, 6.45) is 2.04. The first kappa shape index (κ1) is 16.8. The van der Waals surface area contributed by atoms with Crippen LogP contribution in [0.5, 0.6) is 0 Å². The molecule has 1 aliphatic rings. The minimum Gasteiger partial charge on any atom is -0.317 e. The summed E-state index contributed by atoms with van der Waals surface area (Å²) >= 11 is 0.493. The van der Waals surface area contributed by atoms with Crippen LogP contribution in [0.4, 0.5) is 19.3 Å². The lowest BCUT2D eigenvalue weighted by Gasteiger charge is -2.23. The van der Waals surface area contributed by atoms with E-state index in [1.165, 1.54) is 0 Å². The van der Waals surface area contributed by atoms with Crippen LogP contribution in [0.2, 0.25) is 0 Å². The third-order valence-electron chi connectivity index (χ3n) is 3.78. The topological polar surface area (TPSA) is 32.3 Å². The molecule has 1 aliphatic carbocycles. The maximum atomic E-state index is 12.6. The highest BCUT2D eigenvalue weighted by molar-refractivity contribution is 7.99. The highest BCUT2D eigenvalue weighted by Crippen LogP contribution is 2.30. The van der Waals surface area contributed by atoms with Crippen molar-refractivity contribution in [3.8, 4) is 0 Å². The number of carbonyl (C=O) groups excluding carboxylic acids is 1. The summed E-state index contributed by atoms with van der Waals surface area (Å²) in [6, 6.07) is 16.5. The van der Waals surface area contributed by atoms with E-state index in [4.69, 9.17) is 0 Å². The van der Waals surface area contributed by atoms with Gasteiger partial charge in [-0.3, -0.25) is 0 Å². The van der Waals surface area contributed by atoms with Gasteiger partial charge in [-0.25, -0.2) is 4.79 Å². The number of carbonyl (C=O) groups is 1. The van der Waals surface area contributed by atoms with E-state index in [9.17, 15) is 13.6 Å². The fraction of sp³-hybridized carbons (Fsp3) is 0.278. The first-order valence-electron chi connectivity index (χ1n) is 7.78. The Balaban J connectivity index is 1.63. The maximum absolute atomic E-state index is 12.6. The Morgan fingerprint density at radius 1 is 1.12 bits per heavy atom. The van der Waals surface area contributed by atoms with E-state index in [2.05, 4.69) is 5.32 Å². The Morgan fingerprint density at radius 2 is 1.79 bits per heavy atom. The Kier molecular flexibility index (Phi) is 5.35. The van der Waals surface area contributed by atoms with Gasteiger partial charge in [-0.05, 0) is 42.7 Å². The molecule has 1 fully saturated rings. The fourth-order valence-electron chi connectivity index (χ4n) is 2.45. The number of benzene rings is 2. The number of hydrogen-bond donors (Lipinski definition) is 1. The molecule has 2 aromatic rings. The Bertz CT molecular complexity index is 675. The molecule has 0 aliphatic heterocycles. The zero-order valence-electron chi connectivity index (χ0n) is 13.0. The number of nitrogens with zero attached hydrogens (tertiary/aromatic N) is 1. The van der Waals surface area contributed by atoms with Gasteiger partial charge < -0.3 is 10.2 Å². The minimum atomic E-state index is -2.44. The number of urea groups is 1. The first-order valence-corrected chi connectivity index (χ1v) is 8.66. The van der Waals surface area contributed by atoms with Gasteiger partial charge in [0.05, 0.1) is 0 Å². The molecule has 6 heteroatoms. The third-order valence-corrected chi connectivity index (χ3v) is 4.50. The predicted octanol–water partition coefficient (Wildman–Crippen LogP) is 5.20. The van der Waals surface area contributed by atoms with Crippen molar-refractivity contribution in [2.45, 2.75) is 36.1 Å². The number of alkyl halides is 2. The second kappa shape index (κ2) is 7.66. The van der Waals surface area contributed by atoms with Crippen LogP contribution in [0.25, 0.3) is 0 Å². The molecule has 0 aromatic heterocycles. The normalized spacial score (nSPS) is 13.8. The molecule has 0 saturated heterocycles. The van der Waals surface area contributed by atoms with Crippen molar-refractivity contribution in [2.75, 3.05) is 5.32 Å². The van der Waals surface area contributed by atoms with Crippen LogP contribution in [-0.2, 0) is 6.54 Å². The maximum Gasteiger partial charge on any atom is 0.322 e. The minimum absolute atomic E-state index is 0.157. The lowest BCUT2D eigenvalue weighted by Crippen LogP contribution is -2.36. The molecule has 3 nitrogen and oxygen atoms in total. The van der Waals surface area contributed by atoms with Crippen molar-refractivity contribution < 1.29 is 13.6 Å². The van der Waals surface area contributed by atoms with Crippen molar-refractivity contribution in [2.24, 2.45) is 0 Å². The standard InChI is InChI=1S/C18H18F2N2OS/c19-17(20)24-16-10-6-14(7-11-16)21-18(23)22(15-8-9-15)12-13-4-2-1-3-5-13/h1-7,10-11,15,17H,8-9,12H2,(H,21,23). The highest BCUT2D eigenvalue weighted by Gasteiger charge is 2.32. The van der Waals surface area contributed by atoms with Crippen LogP contribution in [0.3, 0.4) is 0 Å². The lowest BCUT2D eigenvalue weighted by atomic mass is 10.2. The van der Waals surface area contributed by atoms with Gasteiger partial charge in [-0.2, -0.15) is 8.78 Å². The molecule has 3 rings (SSSR count). The van der Waals surface area contributed by atoms with Gasteiger partial charge in [0.25, 0.3) is 5.76 Å². The fourth-order valence-corrected chi connectivity index (χ4v) is 2.95. The molecule has 0 spiro atoms. The van der Waals surface area contributed by atoms with Crippen LogP contribution in [0.15, 0.2) is 59.5 Å². The molecule has 2 aromatic carbocycles. The van der Waals surface area contributed by atoms with E-state index in [1.54, 1.807) is 24.3 Å². The van der Waals surface area contributed by atoms with Crippen molar-refractivity contribution in [3.05, 3.63) is 60.2 Å². The highest BCUT2D eigenvalue weighted by atomic mass is 32.2. The van der Waals surface area contributed by atoms with Crippen LogP contribution in [0, 0.1) is 0 Å². The number of amides is 2.